The Morgan fingerprint density at radius 1 is 0.667 bits per heavy atom. The monoisotopic (exact) mass is 481 g/mol. The Morgan fingerprint density at radius 2 is 0.970 bits per heavy atom. The molecule has 0 saturated heterocycles. The van der Waals surface area contributed by atoms with Crippen LogP contribution in [-0.4, -0.2) is 87.4 Å². The van der Waals surface area contributed by atoms with Gasteiger partial charge in [0.2, 0.25) is 0 Å². The Balaban J connectivity index is -0.000000414. The van der Waals surface area contributed by atoms with Crippen LogP contribution in [0.4, 0.5) is 0 Å². The molecule has 0 fully saturated rings. The number of guanidine groups is 2. The molecule has 0 saturated carbocycles. The van der Waals surface area contributed by atoms with E-state index in [0.717, 1.165) is 0 Å². The van der Waals surface area contributed by atoms with E-state index < -0.39 is 48.4 Å². The van der Waals surface area contributed by atoms with Crippen molar-refractivity contribution < 1.29 is 39.6 Å². The third-order valence-electron chi connectivity index (χ3n) is 3.36. The van der Waals surface area contributed by atoms with Crippen LogP contribution in [0.25, 0.3) is 0 Å². The molecule has 0 bridgehead atoms. The van der Waals surface area contributed by atoms with E-state index in [1.165, 1.54) is 0 Å². The normalized spacial score (nSPS) is 12.2. The van der Waals surface area contributed by atoms with Crippen LogP contribution >= 0.6 is 0 Å². The first kappa shape index (κ1) is 33.9. The van der Waals surface area contributed by atoms with Crippen LogP contribution in [-0.2, 0) is 19.2 Å². The lowest BCUT2D eigenvalue weighted by molar-refractivity contribution is -0.144. The highest BCUT2D eigenvalue weighted by molar-refractivity contribution is 5.80. The average molecular weight is 482 g/mol. The zero-order chi connectivity index (χ0) is 26.6. The molecule has 0 aromatic heterocycles. The van der Waals surface area contributed by atoms with Crippen molar-refractivity contribution in [1.29, 1.82) is 10.8 Å². The van der Waals surface area contributed by atoms with Gasteiger partial charge in [0.1, 0.15) is 18.1 Å². The van der Waals surface area contributed by atoms with E-state index in [4.69, 9.17) is 59.9 Å². The fourth-order valence-corrected chi connectivity index (χ4v) is 1.61. The summed E-state index contributed by atoms with van der Waals surface area (Å²) in [6, 6.07) is -2.93. The molecule has 0 aliphatic heterocycles. The van der Waals surface area contributed by atoms with Crippen molar-refractivity contribution in [2.45, 2.75) is 50.2 Å². The maximum Gasteiger partial charge on any atom is 0.321 e. The number of carboxylic acid groups (broad SMARTS) is 4. The first-order valence-corrected chi connectivity index (χ1v) is 9.44. The lowest BCUT2D eigenvalue weighted by Gasteiger charge is -2.06. The van der Waals surface area contributed by atoms with Gasteiger partial charge < -0.3 is 59.7 Å². The van der Waals surface area contributed by atoms with Crippen LogP contribution in [0.15, 0.2) is 0 Å². The van der Waals surface area contributed by atoms with Crippen LogP contribution in [0.2, 0.25) is 0 Å². The van der Waals surface area contributed by atoms with Gasteiger partial charge in [-0.05, 0) is 25.7 Å². The predicted molar refractivity (Wildman–Crippen MR) is 117 cm³/mol. The minimum absolute atomic E-state index is 0.112. The van der Waals surface area contributed by atoms with Crippen molar-refractivity contribution in [1.82, 2.24) is 10.6 Å². The number of rotatable bonds is 13. The lowest BCUT2D eigenvalue weighted by atomic mass is 10.2. The van der Waals surface area contributed by atoms with Crippen LogP contribution in [0.5, 0.6) is 0 Å². The van der Waals surface area contributed by atoms with Gasteiger partial charge in [0.15, 0.2) is 11.9 Å². The molecular weight excluding hydrogens is 446 g/mol. The van der Waals surface area contributed by atoms with E-state index in [1.54, 1.807) is 0 Å². The Bertz CT molecular complexity index is 609. The zero-order valence-electron chi connectivity index (χ0n) is 18.0. The van der Waals surface area contributed by atoms with Crippen molar-refractivity contribution in [2.75, 3.05) is 13.1 Å². The topological polar surface area (TPSA) is 351 Å². The van der Waals surface area contributed by atoms with Gasteiger partial charge in [-0.2, -0.15) is 0 Å². The molecule has 0 amide bonds. The molecule has 0 aliphatic carbocycles. The highest BCUT2D eigenvalue weighted by Gasteiger charge is 2.14. The van der Waals surface area contributed by atoms with Gasteiger partial charge in [-0.25, -0.2) is 0 Å². The molecule has 17 nitrogen and oxygen atoms in total. The molecule has 0 heterocycles. The molecule has 0 rings (SSSR count). The predicted octanol–water partition coefficient (Wildman–Crippen LogP) is -3.80. The van der Waals surface area contributed by atoms with E-state index in [9.17, 15) is 19.2 Å². The van der Waals surface area contributed by atoms with Gasteiger partial charge in [-0.1, -0.05) is 0 Å². The second-order valence-corrected chi connectivity index (χ2v) is 6.40. The van der Waals surface area contributed by atoms with Crippen molar-refractivity contribution in [3.63, 3.8) is 0 Å². The summed E-state index contributed by atoms with van der Waals surface area (Å²) in [6.45, 7) is 0.965. The van der Waals surface area contributed by atoms with Gasteiger partial charge >= 0.3 is 23.9 Å². The molecule has 0 aliphatic rings. The van der Waals surface area contributed by atoms with Gasteiger partial charge in [-0.15, -0.1) is 0 Å². The molecule has 3 unspecified atom stereocenters. The van der Waals surface area contributed by atoms with Crippen molar-refractivity contribution in [3.8, 4) is 0 Å². The maximum atomic E-state index is 10.2. The molecule has 33 heavy (non-hydrogen) atoms. The molecule has 0 aromatic rings. The quantitative estimate of drug-likeness (QED) is 0.0680. The molecule has 0 aromatic carbocycles. The lowest BCUT2D eigenvalue weighted by Crippen LogP contribution is -2.34. The summed E-state index contributed by atoms with van der Waals surface area (Å²) in [7, 11) is 0. The van der Waals surface area contributed by atoms with Crippen molar-refractivity contribution in [3.05, 3.63) is 0 Å². The molecule has 18 N–H and O–H groups in total. The first-order chi connectivity index (χ1) is 15.1. The number of nitrogens with two attached hydrogens (primary N) is 5. The maximum absolute atomic E-state index is 10.2. The molecule has 0 radical (unpaired) electrons. The third-order valence-corrected chi connectivity index (χ3v) is 3.36. The van der Waals surface area contributed by atoms with Gasteiger partial charge in [-0.3, -0.25) is 30.0 Å². The average Bonchev–Trinajstić information content (AvgIpc) is 2.68. The van der Waals surface area contributed by atoms with Crippen molar-refractivity contribution in [2.24, 2.45) is 28.7 Å². The molecule has 17 heteroatoms. The Hall–Kier alpha value is -3.70. The largest absolute Gasteiger partial charge is 0.481 e. The summed E-state index contributed by atoms with van der Waals surface area (Å²) in [5.41, 5.74) is 25.3. The number of hydrogen-bond donors (Lipinski definition) is 13. The smallest absolute Gasteiger partial charge is 0.321 e. The first-order valence-electron chi connectivity index (χ1n) is 9.44. The van der Waals surface area contributed by atoms with Crippen LogP contribution in [0.3, 0.4) is 0 Å². The fourth-order valence-electron chi connectivity index (χ4n) is 1.61. The second kappa shape index (κ2) is 20.2. The van der Waals surface area contributed by atoms with Gasteiger partial charge in [0, 0.05) is 13.1 Å². The summed E-state index contributed by atoms with van der Waals surface area (Å²) in [5.74, 6) is -4.73. The standard InChI is InChI=1S/2C6H14N4O2.C4H7NO4/c2*7-4(5(11)12)2-1-3-10-6(8)9;5-2(4(8)9)1-3(6)7/h2*4H,1-3,7H2,(H,11,12)(H4,8,9,10);2H,1,5H2,(H,6,7)(H,8,9). The number of aliphatic carboxylic acids is 4. The Morgan fingerprint density at radius 3 is 1.15 bits per heavy atom. The highest BCUT2D eigenvalue weighted by Crippen LogP contribution is 1.93. The second-order valence-electron chi connectivity index (χ2n) is 6.40. The van der Waals surface area contributed by atoms with E-state index >= 15 is 0 Å². The summed E-state index contributed by atoms with van der Waals surface area (Å²) >= 11 is 0. The van der Waals surface area contributed by atoms with Crippen LogP contribution in [0, 0.1) is 10.8 Å². The van der Waals surface area contributed by atoms with Gasteiger partial charge in [0.05, 0.1) is 6.42 Å². The number of carboxylic acids is 4. The number of carbonyl (C=O) groups is 4. The summed E-state index contributed by atoms with van der Waals surface area (Å²) in [6.07, 6.45) is 1.42. The molecule has 0 spiro atoms. The van der Waals surface area contributed by atoms with Crippen molar-refractivity contribution >= 4 is 35.8 Å². The number of hydrogen-bond acceptors (Lipinski definition) is 9. The van der Waals surface area contributed by atoms with Crippen LogP contribution in [0.1, 0.15) is 32.1 Å². The molecular formula is C16H35N9O8. The minimum atomic E-state index is -1.29. The third kappa shape index (κ3) is 28.3. The number of nitrogens with one attached hydrogen (secondary N) is 4. The SMILES string of the molecule is N=C(N)NCCCC(N)C(=O)O.N=C(N)NCCCC(N)C(=O)O.NC(CC(=O)O)C(=O)O. The molecule has 3 atom stereocenters. The minimum Gasteiger partial charge on any atom is -0.481 e. The molecule has 192 valence electrons. The van der Waals surface area contributed by atoms with E-state index in [0.29, 0.717) is 38.8 Å². The summed E-state index contributed by atoms with van der Waals surface area (Å²) in [5, 5.41) is 51.5. The highest BCUT2D eigenvalue weighted by atomic mass is 16.4. The van der Waals surface area contributed by atoms with Gasteiger partial charge in [0.25, 0.3) is 0 Å². The van der Waals surface area contributed by atoms with E-state index in [-0.39, 0.29) is 11.9 Å². The van der Waals surface area contributed by atoms with E-state index in [1.807, 2.05) is 0 Å². The Labute approximate surface area is 189 Å². The van der Waals surface area contributed by atoms with Crippen LogP contribution < -0.4 is 39.3 Å². The summed E-state index contributed by atoms with van der Waals surface area (Å²) < 4.78 is 0. The zero-order valence-corrected chi connectivity index (χ0v) is 18.0. The van der Waals surface area contributed by atoms with E-state index in [2.05, 4.69) is 10.6 Å². The fraction of sp³-hybridized carbons (Fsp3) is 0.625. The Kier molecular flexibility index (Phi) is 20.8. The summed E-state index contributed by atoms with van der Waals surface area (Å²) in [4.78, 5) is 40.0.